The van der Waals surface area contributed by atoms with E-state index in [1.54, 1.807) is 47.5 Å². The molecule has 104 valence electrons. The lowest BCUT2D eigenvalue weighted by Gasteiger charge is -2.24. The van der Waals surface area contributed by atoms with Crippen LogP contribution in [-0.2, 0) is 0 Å². The summed E-state index contributed by atoms with van der Waals surface area (Å²) < 4.78 is 0. The Kier molecular flexibility index (Phi) is 4.20. The summed E-state index contributed by atoms with van der Waals surface area (Å²) in [6.07, 6.45) is 0. The van der Waals surface area contributed by atoms with E-state index in [2.05, 4.69) is 0 Å². The Morgan fingerprint density at radius 2 is 1.75 bits per heavy atom. The zero-order valence-electron chi connectivity index (χ0n) is 11.4. The molecular weight excluding hydrogens is 272 g/mol. The van der Waals surface area contributed by atoms with Crippen LogP contribution in [-0.4, -0.2) is 23.8 Å². The van der Waals surface area contributed by atoms with Crippen LogP contribution in [0.15, 0.2) is 41.8 Å². The van der Waals surface area contributed by atoms with Crippen LogP contribution < -0.4 is 5.73 Å². The molecular formula is C15H16N2O2S. The van der Waals surface area contributed by atoms with E-state index in [0.717, 1.165) is 4.88 Å². The van der Waals surface area contributed by atoms with Gasteiger partial charge < -0.3 is 10.6 Å². The van der Waals surface area contributed by atoms with Crippen molar-refractivity contribution in [3.8, 4) is 0 Å². The molecule has 0 aliphatic heterocycles. The van der Waals surface area contributed by atoms with Gasteiger partial charge in [-0.3, -0.25) is 9.59 Å². The lowest BCUT2D eigenvalue weighted by atomic mass is 10.1. The van der Waals surface area contributed by atoms with Gasteiger partial charge >= 0.3 is 0 Å². The van der Waals surface area contributed by atoms with Crippen molar-refractivity contribution in [3.05, 3.63) is 57.8 Å². The lowest BCUT2D eigenvalue weighted by molar-refractivity contribution is 0.0744. The molecule has 2 rings (SSSR count). The van der Waals surface area contributed by atoms with Crippen molar-refractivity contribution in [3.63, 3.8) is 0 Å². The molecule has 20 heavy (non-hydrogen) atoms. The van der Waals surface area contributed by atoms with Gasteiger partial charge in [0.15, 0.2) is 0 Å². The molecule has 0 unspecified atom stereocenters. The zero-order chi connectivity index (χ0) is 14.7. The molecule has 0 saturated carbocycles. The van der Waals surface area contributed by atoms with Crippen LogP contribution in [0.4, 0.5) is 0 Å². The molecule has 1 aromatic carbocycles. The summed E-state index contributed by atoms with van der Waals surface area (Å²) >= 11 is 1.62. The molecule has 2 N–H and O–H groups in total. The molecule has 4 nitrogen and oxygen atoms in total. The number of rotatable bonds is 4. The average molecular weight is 288 g/mol. The topological polar surface area (TPSA) is 63.4 Å². The molecule has 0 bridgehead atoms. The number of amides is 2. The molecule has 0 saturated heterocycles. The maximum absolute atomic E-state index is 12.4. The first-order chi connectivity index (χ1) is 9.50. The first-order valence-electron chi connectivity index (χ1n) is 6.21. The number of thiophene rings is 1. The van der Waals surface area contributed by atoms with Crippen LogP contribution in [0.1, 0.15) is 38.6 Å². The second-order valence-electron chi connectivity index (χ2n) is 4.55. The second-order valence-corrected chi connectivity index (χ2v) is 5.53. The van der Waals surface area contributed by atoms with Crippen LogP contribution in [0.25, 0.3) is 0 Å². The number of hydrogen-bond acceptors (Lipinski definition) is 3. The highest BCUT2D eigenvalue weighted by atomic mass is 32.1. The average Bonchev–Trinajstić information content (AvgIpc) is 2.99. The van der Waals surface area contributed by atoms with E-state index in [1.807, 2.05) is 24.4 Å². The number of carbonyl (C=O) groups excluding carboxylic acids is 2. The van der Waals surface area contributed by atoms with Crippen LogP contribution in [0.5, 0.6) is 0 Å². The minimum absolute atomic E-state index is 0.0123. The molecule has 1 atom stereocenters. The van der Waals surface area contributed by atoms with Gasteiger partial charge in [0.25, 0.3) is 5.91 Å². The van der Waals surface area contributed by atoms with Crippen LogP contribution in [0, 0.1) is 0 Å². The number of primary amides is 1. The number of benzene rings is 1. The lowest BCUT2D eigenvalue weighted by Crippen LogP contribution is -2.29. The van der Waals surface area contributed by atoms with Crippen LogP contribution in [0.3, 0.4) is 0 Å². The standard InChI is InChI=1S/C15H16N2O2S/c1-10(13-4-3-9-20-13)17(2)15(19)12-7-5-11(6-8-12)14(16)18/h3-10H,1-2H3,(H2,16,18)/t10-/m1/s1. The molecule has 2 aromatic rings. The molecule has 0 fully saturated rings. The minimum atomic E-state index is -0.496. The van der Waals surface area contributed by atoms with E-state index < -0.39 is 5.91 Å². The summed E-state index contributed by atoms with van der Waals surface area (Å²) in [5, 5.41) is 1.99. The predicted octanol–water partition coefficient (Wildman–Crippen LogP) is 2.68. The van der Waals surface area contributed by atoms with Gasteiger partial charge in [-0.15, -0.1) is 11.3 Å². The Balaban J connectivity index is 2.16. The van der Waals surface area contributed by atoms with Crippen molar-refractivity contribution in [1.29, 1.82) is 0 Å². The monoisotopic (exact) mass is 288 g/mol. The number of hydrogen-bond donors (Lipinski definition) is 1. The highest BCUT2D eigenvalue weighted by Crippen LogP contribution is 2.24. The first kappa shape index (κ1) is 14.3. The van der Waals surface area contributed by atoms with Crippen molar-refractivity contribution in [2.45, 2.75) is 13.0 Å². The number of nitrogens with two attached hydrogens (primary N) is 1. The van der Waals surface area contributed by atoms with E-state index in [0.29, 0.717) is 11.1 Å². The summed E-state index contributed by atoms with van der Waals surface area (Å²) in [6, 6.07) is 10.4. The van der Waals surface area contributed by atoms with Gasteiger partial charge in [-0.2, -0.15) is 0 Å². The fourth-order valence-electron chi connectivity index (χ4n) is 1.88. The van der Waals surface area contributed by atoms with Gasteiger partial charge in [0.2, 0.25) is 5.91 Å². The molecule has 0 radical (unpaired) electrons. The summed E-state index contributed by atoms with van der Waals surface area (Å²) in [7, 11) is 1.77. The molecule has 1 aromatic heterocycles. The van der Waals surface area contributed by atoms with Crippen LogP contribution >= 0.6 is 11.3 Å². The van der Waals surface area contributed by atoms with E-state index in [4.69, 9.17) is 5.73 Å². The number of nitrogens with zero attached hydrogens (tertiary/aromatic N) is 1. The predicted molar refractivity (Wildman–Crippen MR) is 79.8 cm³/mol. The highest BCUT2D eigenvalue weighted by Gasteiger charge is 2.19. The maximum atomic E-state index is 12.4. The van der Waals surface area contributed by atoms with Gasteiger partial charge in [0, 0.05) is 23.1 Å². The molecule has 1 heterocycles. The third kappa shape index (κ3) is 2.88. The van der Waals surface area contributed by atoms with E-state index in [1.165, 1.54) is 0 Å². The third-order valence-electron chi connectivity index (χ3n) is 3.27. The summed E-state index contributed by atoms with van der Waals surface area (Å²) in [5.41, 5.74) is 6.12. The summed E-state index contributed by atoms with van der Waals surface area (Å²) in [6.45, 7) is 1.99. The van der Waals surface area contributed by atoms with Gasteiger partial charge in [-0.05, 0) is 42.6 Å². The van der Waals surface area contributed by atoms with Gasteiger partial charge in [0.1, 0.15) is 0 Å². The van der Waals surface area contributed by atoms with Gasteiger partial charge in [0.05, 0.1) is 6.04 Å². The van der Waals surface area contributed by atoms with Crippen LogP contribution in [0.2, 0.25) is 0 Å². The third-order valence-corrected chi connectivity index (χ3v) is 4.32. The highest BCUT2D eigenvalue weighted by molar-refractivity contribution is 7.10. The Hall–Kier alpha value is -2.14. The minimum Gasteiger partial charge on any atom is -0.366 e. The zero-order valence-corrected chi connectivity index (χ0v) is 12.2. The van der Waals surface area contributed by atoms with Gasteiger partial charge in [-0.25, -0.2) is 0 Å². The van der Waals surface area contributed by atoms with Crippen molar-refractivity contribution >= 4 is 23.2 Å². The fraction of sp³-hybridized carbons (Fsp3) is 0.200. The molecule has 0 aliphatic rings. The Morgan fingerprint density at radius 3 is 2.25 bits per heavy atom. The smallest absolute Gasteiger partial charge is 0.254 e. The number of carbonyl (C=O) groups is 2. The van der Waals surface area contributed by atoms with Crippen molar-refractivity contribution in [1.82, 2.24) is 4.90 Å². The molecule has 0 spiro atoms. The van der Waals surface area contributed by atoms with Crippen molar-refractivity contribution in [2.24, 2.45) is 5.73 Å². The first-order valence-corrected chi connectivity index (χ1v) is 7.09. The SMILES string of the molecule is C[C@H](c1cccs1)N(C)C(=O)c1ccc(C(N)=O)cc1. The molecule has 0 aliphatic carbocycles. The Labute approximate surface area is 121 Å². The summed E-state index contributed by atoms with van der Waals surface area (Å²) in [5.74, 6) is -0.578. The molecule has 2 amide bonds. The van der Waals surface area contributed by atoms with Gasteiger partial charge in [-0.1, -0.05) is 6.07 Å². The van der Waals surface area contributed by atoms with E-state index in [9.17, 15) is 9.59 Å². The second kappa shape index (κ2) is 5.88. The van der Waals surface area contributed by atoms with E-state index in [-0.39, 0.29) is 11.9 Å². The Bertz CT molecular complexity index is 605. The van der Waals surface area contributed by atoms with Crippen molar-refractivity contribution in [2.75, 3.05) is 7.05 Å². The van der Waals surface area contributed by atoms with E-state index >= 15 is 0 Å². The normalized spacial score (nSPS) is 11.9. The largest absolute Gasteiger partial charge is 0.366 e. The fourth-order valence-corrected chi connectivity index (χ4v) is 2.70. The quantitative estimate of drug-likeness (QED) is 0.940. The summed E-state index contributed by atoms with van der Waals surface area (Å²) in [4.78, 5) is 26.2. The Morgan fingerprint density at radius 1 is 1.15 bits per heavy atom. The molecule has 5 heteroatoms. The maximum Gasteiger partial charge on any atom is 0.254 e. The van der Waals surface area contributed by atoms with Crippen molar-refractivity contribution < 1.29 is 9.59 Å².